The molecule has 0 spiro atoms. The molecule has 150 valence electrons. The molecule has 7 nitrogen and oxygen atoms in total. The van der Waals surface area contributed by atoms with Crippen molar-refractivity contribution in [2.75, 3.05) is 59.4 Å². The van der Waals surface area contributed by atoms with Crippen LogP contribution in [0.5, 0.6) is 0 Å². The van der Waals surface area contributed by atoms with E-state index in [2.05, 4.69) is 53.6 Å². The maximum absolute atomic E-state index is 11.7. The summed E-state index contributed by atoms with van der Waals surface area (Å²) in [5, 5.41) is 9.63. The maximum Gasteiger partial charge on any atom is 0.223 e. The van der Waals surface area contributed by atoms with Crippen LogP contribution < -0.4 is 16.0 Å². The molecule has 1 aliphatic heterocycles. The fraction of sp³-hybridized carbons (Fsp3) is 0.895. The van der Waals surface area contributed by atoms with E-state index >= 15 is 0 Å². The number of nitrogens with one attached hydrogen (secondary N) is 3. The zero-order chi connectivity index (χ0) is 18.9. The van der Waals surface area contributed by atoms with E-state index in [9.17, 15) is 4.79 Å². The first-order chi connectivity index (χ1) is 12.5. The van der Waals surface area contributed by atoms with E-state index in [4.69, 9.17) is 4.99 Å². The Kier molecular flexibility index (Phi) is 8.65. The van der Waals surface area contributed by atoms with Gasteiger partial charge in [0.1, 0.15) is 0 Å². The van der Waals surface area contributed by atoms with E-state index in [1.54, 1.807) is 0 Å². The predicted molar refractivity (Wildman–Crippen MR) is 107 cm³/mol. The van der Waals surface area contributed by atoms with E-state index < -0.39 is 0 Å². The molecule has 2 fully saturated rings. The molecule has 1 atom stereocenters. The molecule has 0 aromatic rings. The van der Waals surface area contributed by atoms with Crippen molar-refractivity contribution in [3.63, 3.8) is 0 Å². The minimum atomic E-state index is 0.198. The minimum absolute atomic E-state index is 0.198. The van der Waals surface area contributed by atoms with Crippen LogP contribution >= 0.6 is 0 Å². The standard InChI is InChI=1S/C19H38N6O/c1-5-20-19(22-9-8-21-18(26)16-6-7-16)23-14-17(15(2)3)25-12-10-24(4)11-13-25/h15-17H,5-14H2,1-4H3,(H,21,26)(H2,20,22,23). The van der Waals surface area contributed by atoms with Crippen molar-refractivity contribution in [2.24, 2.45) is 16.8 Å². The first-order valence-corrected chi connectivity index (χ1v) is 10.2. The van der Waals surface area contributed by atoms with Gasteiger partial charge in [-0.2, -0.15) is 0 Å². The summed E-state index contributed by atoms with van der Waals surface area (Å²) in [5.41, 5.74) is 0. The van der Waals surface area contributed by atoms with Crippen LogP contribution in [0, 0.1) is 11.8 Å². The molecule has 0 aromatic carbocycles. The quantitative estimate of drug-likeness (QED) is 0.312. The van der Waals surface area contributed by atoms with Gasteiger partial charge in [0.2, 0.25) is 5.91 Å². The maximum atomic E-state index is 11.7. The van der Waals surface area contributed by atoms with Gasteiger partial charge in [0, 0.05) is 57.8 Å². The highest BCUT2D eigenvalue weighted by Crippen LogP contribution is 2.28. The second-order valence-electron chi connectivity index (χ2n) is 7.86. The third-order valence-corrected chi connectivity index (χ3v) is 5.22. The molecule has 1 aliphatic carbocycles. The molecule has 1 heterocycles. The zero-order valence-corrected chi connectivity index (χ0v) is 17.1. The molecule has 1 amide bonds. The molecule has 7 heteroatoms. The molecule has 0 bridgehead atoms. The van der Waals surface area contributed by atoms with Gasteiger partial charge in [-0.1, -0.05) is 13.8 Å². The molecule has 26 heavy (non-hydrogen) atoms. The Bertz CT molecular complexity index is 455. The molecule has 2 aliphatic rings. The van der Waals surface area contributed by atoms with Crippen LogP contribution in [0.25, 0.3) is 0 Å². The van der Waals surface area contributed by atoms with E-state index in [1.165, 1.54) is 0 Å². The number of piperazine rings is 1. The Morgan fingerprint density at radius 2 is 1.73 bits per heavy atom. The number of nitrogens with zero attached hydrogens (tertiary/aromatic N) is 3. The third-order valence-electron chi connectivity index (χ3n) is 5.22. The second-order valence-corrected chi connectivity index (χ2v) is 7.86. The average molecular weight is 367 g/mol. The second kappa shape index (κ2) is 10.7. The summed E-state index contributed by atoms with van der Waals surface area (Å²) in [4.78, 5) is 21.5. The summed E-state index contributed by atoms with van der Waals surface area (Å²) in [7, 11) is 2.19. The fourth-order valence-electron chi connectivity index (χ4n) is 3.28. The minimum Gasteiger partial charge on any atom is -0.357 e. The molecule has 1 saturated heterocycles. The summed E-state index contributed by atoms with van der Waals surface area (Å²) in [6, 6.07) is 0.466. The first kappa shape index (κ1) is 21.0. The highest BCUT2D eigenvalue weighted by atomic mass is 16.2. The van der Waals surface area contributed by atoms with Gasteiger partial charge in [0.25, 0.3) is 0 Å². The monoisotopic (exact) mass is 366 g/mol. The number of rotatable bonds is 9. The summed E-state index contributed by atoms with van der Waals surface area (Å²) in [6.07, 6.45) is 2.10. The number of hydrogen-bond donors (Lipinski definition) is 3. The molecule has 2 rings (SSSR count). The highest BCUT2D eigenvalue weighted by molar-refractivity contribution is 5.81. The third kappa shape index (κ3) is 7.11. The SMILES string of the molecule is CCNC(=NCC(C(C)C)N1CCN(C)CC1)NCCNC(=O)C1CC1. The average Bonchev–Trinajstić information content (AvgIpc) is 3.45. The van der Waals surface area contributed by atoms with Gasteiger partial charge in [-0.3, -0.25) is 14.7 Å². The molecule has 3 N–H and O–H groups in total. The lowest BCUT2D eigenvalue weighted by atomic mass is 10.0. The Labute approximate surface area is 159 Å². The zero-order valence-electron chi connectivity index (χ0n) is 17.1. The van der Waals surface area contributed by atoms with Gasteiger partial charge in [0.05, 0.1) is 6.54 Å². The number of likely N-dealkylation sites (N-methyl/N-ethyl adjacent to an activating group) is 1. The normalized spacial score (nSPS) is 20.9. The molecular weight excluding hydrogens is 328 g/mol. The van der Waals surface area contributed by atoms with Crippen LogP contribution in [0.4, 0.5) is 0 Å². The Morgan fingerprint density at radius 1 is 1.08 bits per heavy atom. The fourth-order valence-corrected chi connectivity index (χ4v) is 3.28. The first-order valence-electron chi connectivity index (χ1n) is 10.2. The Hall–Kier alpha value is -1.34. The molecule has 1 saturated carbocycles. The number of aliphatic imine (C=N–C) groups is 1. The largest absolute Gasteiger partial charge is 0.357 e. The van der Waals surface area contributed by atoms with E-state index in [1.807, 2.05) is 0 Å². The van der Waals surface area contributed by atoms with Crippen molar-refractivity contribution >= 4 is 11.9 Å². The lowest BCUT2D eigenvalue weighted by Crippen LogP contribution is -2.52. The highest BCUT2D eigenvalue weighted by Gasteiger charge is 2.29. The number of amides is 1. The Morgan fingerprint density at radius 3 is 2.31 bits per heavy atom. The van der Waals surface area contributed by atoms with Crippen molar-refractivity contribution in [2.45, 2.75) is 39.7 Å². The Balaban J connectivity index is 1.79. The van der Waals surface area contributed by atoms with Gasteiger partial charge in [-0.05, 0) is 32.7 Å². The summed E-state index contributed by atoms with van der Waals surface area (Å²) >= 11 is 0. The summed E-state index contributed by atoms with van der Waals surface area (Å²) < 4.78 is 0. The van der Waals surface area contributed by atoms with Crippen LogP contribution in [0.3, 0.4) is 0 Å². The van der Waals surface area contributed by atoms with Crippen LogP contribution in [0.1, 0.15) is 33.6 Å². The van der Waals surface area contributed by atoms with E-state index in [0.29, 0.717) is 25.0 Å². The van der Waals surface area contributed by atoms with Crippen molar-refractivity contribution in [1.29, 1.82) is 0 Å². The number of guanidine groups is 1. The van der Waals surface area contributed by atoms with Gasteiger partial charge in [0.15, 0.2) is 5.96 Å². The van der Waals surface area contributed by atoms with Crippen molar-refractivity contribution < 1.29 is 4.79 Å². The molecule has 0 radical (unpaired) electrons. The number of hydrogen-bond acceptors (Lipinski definition) is 4. The van der Waals surface area contributed by atoms with Crippen LogP contribution in [0.15, 0.2) is 4.99 Å². The van der Waals surface area contributed by atoms with E-state index in [0.717, 1.165) is 58.1 Å². The van der Waals surface area contributed by atoms with Crippen LogP contribution in [0.2, 0.25) is 0 Å². The van der Waals surface area contributed by atoms with Crippen molar-refractivity contribution in [3.05, 3.63) is 0 Å². The lowest BCUT2D eigenvalue weighted by Gasteiger charge is -2.39. The van der Waals surface area contributed by atoms with Gasteiger partial charge >= 0.3 is 0 Å². The topological polar surface area (TPSA) is 72.0 Å². The number of carbonyl (C=O) groups excluding carboxylic acids is 1. The van der Waals surface area contributed by atoms with Crippen LogP contribution in [-0.4, -0.2) is 87.1 Å². The van der Waals surface area contributed by atoms with Gasteiger partial charge in [-0.25, -0.2) is 0 Å². The number of carbonyl (C=O) groups is 1. The smallest absolute Gasteiger partial charge is 0.223 e. The molecule has 0 aromatic heterocycles. The van der Waals surface area contributed by atoms with Crippen molar-refractivity contribution in [1.82, 2.24) is 25.8 Å². The van der Waals surface area contributed by atoms with Gasteiger partial charge < -0.3 is 20.9 Å². The van der Waals surface area contributed by atoms with Crippen molar-refractivity contribution in [3.8, 4) is 0 Å². The molecule has 1 unspecified atom stereocenters. The summed E-state index contributed by atoms with van der Waals surface area (Å²) in [6.45, 7) is 14.1. The van der Waals surface area contributed by atoms with Gasteiger partial charge in [-0.15, -0.1) is 0 Å². The lowest BCUT2D eigenvalue weighted by molar-refractivity contribution is -0.122. The van der Waals surface area contributed by atoms with Crippen LogP contribution in [-0.2, 0) is 4.79 Å². The van der Waals surface area contributed by atoms with E-state index in [-0.39, 0.29) is 11.8 Å². The predicted octanol–water partition coefficient (Wildman–Crippen LogP) is 0.340. The molecular formula is C19H38N6O. The summed E-state index contributed by atoms with van der Waals surface area (Å²) in [5.74, 6) is 1.88.